The van der Waals surface area contributed by atoms with E-state index >= 15 is 0 Å². The standard InChI is InChI=1S/C7H10O/c8-7-3-5-1-2-6(5)4-7/h1-2,5-8H,3-4H2/t5-,6+,7?. The minimum absolute atomic E-state index is 0.000000000000000444. The van der Waals surface area contributed by atoms with Gasteiger partial charge in [-0.05, 0) is 24.7 Å². The zero-order chi connectivity index (χ0) is 5.56. The summed E-state index contributed by atoms with van der Waals surface area (Å²) in [5.74, 6) is 1.48. The van der Waals surface area contributed by atoms with Crippen molar-refractivity contribution in [2.45, 2.75) is 18.9 Å². The van der Waals surface area contributed by atoms with Gasteiger partial charge in [-0.15, -0.1) is 0 Å². The Morgan fingerprint density at radius 2 is 1.62 bits per heavy atom. The summed E-state index contributed by atoms with van der Waals surface area (Å²) in [4.78, 5) is 0. The molecule has 1 heteroatoms. The van der Waals surface area contributed by atoms with Crippen LogP contribution in [0.2, 0.25) is 0 Å². The first-order valence-corrected chi connectivity index (χ1v) is 3.22. The van der Waals surface area contributed by atoms with Crippen LogP contribution in [0.15, 0.2) is 12.2 Å². The summed E-state index contributed by atoms with van der Waals surface area (Å²) in [6.45, 7) is 0. The molecule has 44 valence electrons. The van der Waals surface area contributed by atoms with E-state index in [0.717, 1.165) is 24.7 Å². The molecule has 3 atom stereocenters. The van der Waals surface area contributed by atoms with Crippen LogP contribution in [0.4, 0.5) is 0 Å². The van der Waals surface area contributed by atoms with Gasteiger partial charge in [-0.1, -0.05) is 12.2 Å². The molecule has 0 spiro atoms. The summed E-state index contributed by atoms with van der Waals surface area (Å²) in [5, 5.41) is 9.07. The van der Waals surface area contributed by atoms with Crippen LogP contribution in [-0.4, -0.2) is 11.2 Å². The normalized spacial score (nSPS) is 50.9. The molecule has 0 saturated heterocycles. The Morgan fingerprint density at radius 3 is 1.88 bits per heavy atom. The first-order chi connectivity index (χ1) is 3.86. The second kappa shape index (κ2) is 1.35. The number of rotatable bonds is 0. The molecule has 1 unspecified atom stereocenters. The van der Waals surface area contributed by atoms with E-state index in [9.17, 15) is 0 Å². The zero-order valence-corrected chi connectivity index (χ0v) is 4.75. The van der Waals surface area contributed by atoms with E-state index in [4.69, 9.17) is 5.11 Å². The summed E-state index contributed by atoms with van der Waals surface area (Å²) in [6.07, 6.45) is 6.45. The lowest BCUT2D eigenvalue weighted by Crippen LogP contribution is -2.09. The van der Waals surface area contributed by atoms with E-state index in [1.54, 1.807) is 0 Å². The highest BCUT2D eigenvalue weighted by Crippen LogP contribution is 2.40. The van der Waals surface area contributed by atoms with Crippen LogP contribution >= 0.6 is 0 Å². The van der Waals surface area contributed by atoms with E-state index in [1.807, 2.05) is 0 Å². The van der Waals surface area contributed by atoms with E-state index in [1.165, 1.54) is 0 Å². The number of aliphatic hydroxyl groups excluding tert-OH is 1. The number of allylic oxidation sites excluding steroid dienone is 2. The molecule has 2 rings (SSSR count). The fourth-order valence-electron chi connectivity index (χ4n) is 1.66. The minimum Gasteiger partial charge on any atom is -0.393 e. The second-order valence-corrected chi connectivity index (χ2v) is 2.84. The quantitative estimate of drug-likeness (QED) is 0.460. The number of aliphatic hydroxyl groups is 1. The summed E-state index contributed by atoms with van der Waals surface area (Å²) in [5.41, 5.74) is 0. The molecule has 0 heterocycles. The molecule has 1 saturated carbocycles. The first-order valence-electron chi connectivity index (χ1n) is 3.22. The highest BCUT2D eigenvalue weighted by Gasteiger charge is 2.34. The molecule has 1 nitrogen and oxygen atoms in total. The Balaban J connectivity index is 2.09. The summed E-state index contributed by atoms with van der Waals surface area (Å²) in [7, 11) is 0. The van der Waals surface area contributed by atoms with Crippen LogP contribution in [0.25, 0.3) is 0 Å². The van der Waals surface area contributed by atoms with Crippen LogP contribution in [0.3, 0.4) is 0 Å². The molecule has 1 N–H and O–H groups in total. The maximum atomic E-state index is 9.07. The fraction of sp³-hybridized carbons (Fsp3) is 0.714. The lowest BCUT2D eigenvalue weighted by atomic mass is 9.86. The van der Waals surface area contributed by atoms with Gasteiger partial charge < -0.3 is 5.11 Å². The van der Waals surface area contributed by atoms with Crippen molar-refractivity contribution < 1.29 is 5.11 Å². The van der Waals surface area contributed by atoms with Crippen LogP contribution in [-0.2, 0) is 0 Å². The topological polar surface area (TPSA) is 20.2 Å². The number of fused-ring (bicyclic) bond motifs is 1. The lowest BCUT2D eigenvalue weighted by Gasteiger charge is -2.19. The van der Waals surface area contributed by atoms with E-state index in [-0.39, 0.29) is 6.10 Å². The van der Waals surface area contributed by atoms with Crippen molar-refractivity contribution in [1.29, 1.82) is 0 Å². The molecule has 0 radical (unpaired) electrons. The van der Waals surface area contributed by atoms with Gasteiger partial charge in [0.2, 0.25) is 0 Å². The van der Waals surface area contributed by atoms with Gasteiger partial charge in [-0.2, -0.15) is 0 Å². The molecule has 0 aliphatic heterocycles. The summed E-state index contributed by atoms with van der Waals surface area (Å²) >= 11 is 0. The van der Waals surface area contributed by atoms with Gasteiger partial charge in [0, 0.05) is 0 Å². The molecule has 2 aliphatic rings. The van der Waals surface area contributed by atoms with Crippen molar-refractivity contribution in [2.24, 2.45) is 11.8 Å². The molecule has 2 aliphatic carbocycles. The van der Waals surface area contributed by atoms with Crippen LogP contribution in [0, 0.1) is 11.8 Å². The Labute approximate surface area is 49.0 Å². The third-order valence-electron chi connectivity index (χ3n) is 2.24. The Bertz CT molecular complexity index is 114. The van der Waals surface area contributed by atoms with Gasteiger partial charge in [0.15, 0.2) is 0 Å². The van der Waals surface area contributed by atoms with Crippen molar-refractivity contribution in [2.75, 3.05) is 0 Å². The molecular formula is C7H10O. The first kappa shape index (κ1) is 4.57. The van der Waals surface area contributed by atoms with Crippen LogP contribution in [0.1, 0.15) is 12.8 Å². The highest BCUT2D eigenvalue weighted by molar-refractivity contribution is 5.13. The average Bonchev–Trinajstić information content (AvgIpc) is 1.91. The lowest BCUT2D eigenvalue weighted by molar-refractivity contribution is 0.179. The molecule has 8 heavy (non-hydrogen) atoms. The largest absolute Gasteiger partial charge is 0.393 e. The van der Waals surface area contributed by atoms with Crippen molar-refractivity contribution in [3.05, 3.63) is 12.2 Å². The van der Waals surface area contributed by atoms with Crippen molar-refractivity contribution >= 4 is 0 Å². The van der Waals surface area contributed by atoms with E-state index in [2.05, 4.69) is 12.2 Å². The third-order valence-corrected chi connectivity index (χ3v) is 2.24. The number of hydrogen-bond donors (Lipinski definition) is 1. The average molecular weight is 110 g/mol. The molecule has 0 aromatic heterocycles. The van der Waals surface area contributed by atoms with Gasteiger partial charge in [-0.3, -0.25) is 0 Å². The van der Waals surface area contributed by atoms with Gasteiger partial charge in [0.25, 0.3) is 0 Å². The van der Waals surface area contributed by atoms with Crippen LogP contribution in [0.5, 0.6) is 0 Å². The van der Waals surface area contributed by atoms with Crippen LogP contribution < -0.4 is 0 Å². The maximum Gasteiger partial charge on any atom is 0.0551 e. The Morgan fingerprint density at radius 1 is 1.12 bits per heavy atom. The maximum absolute atomic E-state index is 9.07. The minimum atomic E-state index is -0.000000000000000444. The monoisotopic (exact) mass is 110 g/mol. The van der Waals surface area contributed by atoms with Crippen molar-refractivity contribution in [1.82, 2.24) is 0 Å². The zero-order valence-electron chi connectivity index (χ0n) is 4.75. The SMILES string of the molecule is OC1C[C@H]2C=C[C@H]2C1. The highest BCUT2D eigenvalue weighted by atomic mass is 16.3. The number of hydrogen-bond acceptors (Lipinski definition) is 1. The smallest absolute Gasteiger partial charge is 0.0551 e. The fourth-order valence-corrected chi connectivity index (χ4v) is 1.66. The van der Waals surface area contributed by atoms with E-state index < -0.39 is 0 Å². The van der Waals surface area contributed by atoms with Gasteiger partial charge in [0.05, 0.1) is 6.10 Å². The molecule has 0 aromatic carbocycles. The van der Waals surface area contributed by atoms with Crippen molar-refractivity contribution in [3.63, 3.8) is 0 Å². The van der Waals surface area contributed by atoms with Crippen molar-refractivity contribution in [3.8, 4) is 0 Å². The van der Waals surface area contributed by atoms with E-state index in [0.29, 0.717) is 0 Å². The Kier molecular flexibility index (Phi) is 0.770. The summed E-state index contributed by atoms with van der Waals surface area (Å²) < 4.78 is 0. The van der Waals surface area contributed by atoms with Gasteiger partial charge in [0.1, 0.15) is 0 Å². The second-order valence-electron chi connectivity index (χ2n) is 2.84. The molecular weight excluding hydrogens is 100 g/mol. The predicted octanol–water partition coefficient (Wildman–Crippen LogP) is 0.943. The van der Waals surface area contributed by atoms with Gasteiger partial charge >= 0.3 is 0 Å². The molecule has 0 amide bonds. The molecule has 0 bridgehead atoms. The third kappa shape index (κ3) is 0.451. The van der Waals surface area contributed by atoms with Gasteiger partial charge in [-0.25, -0.2) is 0 Å². The molecule has 1 fully saturated rings. The Hall–Kier alpha value is -0.300. The summed E-state index contributed by atoms with van der Waals surface area (Å²) in [6, 6.07) is 0. The predicted molar refractivity (Wildman–Crippen MR) is 31.4 cm³/mol. The molecule has 0 aromatic rings.